The Hall–Kier alpha value is -2.20. The van der Waals surface area contributed by atoms with Gasteiger partial charge in [0.1, 0.15) is 6.04 Å². The molecule has 1 N–H and O–H groups in total. The number of carbonyl (C=O) groups excluding carboxylic acids is 3. The molecule has 0 unspecified atom stereocenters. The molecule has 3 saturated heterocycles. The van der Waals surface area contributed by atoms with Crippen LogP contribution in [0.5, 0.6) is 0 Å². The summed E-state index contributed by atoms with van der Waals surface area (Å²) in [5, 5.41) is 10.9. The van der Waals surface area contributed by atoms with Gasteiger partial charge < -0.3 is 24.7 Å². The molecule has 4 atom stereocenters. The summed E-state index contributed by atoms with van der Waals surface area (Å²) in [4.78, 5) is 54.0. The quantitative estimate of drug-likeness (QED) is 0.465. The van der Waals surface area contributed by atoms with Crippen molar-refractivity contribution in [1.82, 2.24) is 24.5 Å². The molecule has 1 aliphatic carbocycles. The van der Waals surface area contributed by atoms with Crippen molar-refractivity contribution in [3.8, 4) is 0 Å². The van der Waals surface area contributed by atoms with Crippen LogP contribution >= 0.6 is 11.6 Å². The van der Waals surface area contributed by atoms with Gasteiger partial charge in [-0.25, -0.2) is 0 Å². The number of rotatable bonds is 7. The number of carbonyl (C=O) groups is 3. The van der Waals surface area contributed by atoms with Crippen molar-refractivity contribution >= 4 is 29.3 Å². The number of hydrogen-bond donors (Lipinski definition) is 1. The van der Waals surface area contributed by atoms with Gasteiger partial charge in [0.15, 0.2) is 0 Å². The fraction of sp³-hybridized carbons (Fsp3) is 0.757. The van der Waals surface area contributed by atoms with Crippen molar-refractivity contribution in [3.63, 3.8) is 0 Å². The molecule has 3 heterocycles. The van der Waals surface area contributed by atoms with Crippen LogP contribution in [0.2, 0.25) is 5.02 Å². The summed E-state index contributed by atoms with van der Waals surface area (Å²) < 4.78 is 0. The number of likely N-dealkylation sites (N-methyl/N-ethyl adjacent to an activating group) is 1. The number of amides is 3. The Morgan fingerprint density at radius 3 is 2.06 bits per heavy atom. The molecule has 262 valence electrons. The van der Waals surface area contributed by atoms with Gasteiger partial charge in [0, 0.05) is 68.3 Å². The van der Waals surface area contributed by atoms with Crippen molar-refractivity contribution in [2.75, 3.05) is 59.5 Å². The van der Waals surface area contributed by atoms with Crippen LogP contribution in [-0.2, 0) is 14.4 Å². The van der Waals surface area contributed by atoms with Crippen LogP contribution in [0.4, 0.5) is 0 Å². The monoisotopic (exact) mass is 671 g/mol. The van der Waals surface area contributed by atoms with Gasteiger partial charge in [-0.3, -0.25) is 19.3 Å². The van der Waals surface area contributed by atoms with Crippen LogP contribution in [0.3, 0.4) is 0 Å². The number of benzene rings is 1. The normalized spacial score (nSPS) is 29.7. The molecule has 47 heavy (non-hydrogen) atoms. The lowest BCUT2D eigenvalue weighted by atomic mass is 9.83. The van der Waals surface area contributed by atoms with Crippen LogP contribution < -0.4 is 0 Å². The highest BCUT2D eigenvalue weighted by Crippen LogP contribution is 2.41. The molecule has 3 aliphatic heterocycles. The van der Waals surface area contributed by atoms with Crippen molar-refractivity contribution in [2.45, 2.75) is 103 Å². The first-order chi connectivity index (χ1) is 22.1. The van der Waals surface area contributed by atoms with E-state index >= 15 is 0 Å². The summed E-state index contributed by atoms with van der Waals surface area (Å²) in [5.74, 6) is 0.156. The Bertz CT molecular complexity index is 1270. The number of aliphatic hydroxyl groups excluding tert-OH is 1. The second-order valence-electron chi connectivity index (χ2n) is 16.5. The molecule has 1 saturated carbocycles. The summed E-state index contributed by atoms with van der Waals surface area (Å²) in [6, 6.07) is 6.96. The first kappa shape index (κ1) is 36.1. The molecule has 5 rings (SSSR count). The predicted octanol–water partition coefficient (Wildman–Crippen LogP) is 4.32. The van der Waals surface area contributed by atoms with Crippen molar-refractivity contribution in [2.24, 2.45) is 17.3 Å². The van der Waals surface area contributed by atoms with Crippen LogP contribution in [0.1, 0.15) is 85.1 Å². The van der Waals surface area contributed by atoms with Gasteiger partial charge in [0.25, 0.3) is 0 Å². The average Bonchev–Trinajstić information content (AvgIpc) is 3.68. The Balaban J connectivity index is 1.50. The standard InChI is InChI=1S/C37H58ClN5O4/c1-25-8-14-28(15-9-25)43(35(47)37(5,6)24-44)29-20-32(34(46)40-18-16-39(7)17-19-40)42(21-29)33(45)31-23-41(36(2,3)4)22-30(31)26-10-12-27(38)13-11-26/h10-13,25,28-32,44H,8-9,14-24H2,1-7H3/t25?,28?,29-,30-,31-,32-/m0/s1. The summed E-state index contributed by atoms with van der Waals surface area (Å²) in [6.45, 7) is 16.7. The van der Waals surface area contributed by atoms with Crippen molar-refractivity contribution < 1.29 is 19.5 Å². The first-order valence-electron chi connectivity index (χ1n) is 17.8. The zero-order chi connectivity index (χ0) is 34.3. The zero-order valence-electron chi connectivity index (χ0n) is 29.8. The van der Waals surface area contributed by atoms with E-state index in [0.717, 1.165) is 50.9 Å². The van der Waals surface area contributed by atoms with E-state index in [0.29, 0.717) is 43.5 Å². The Morgan fingerprint density at radius 1 is 0.872 bits per heavy atom. The molecule has 9 nitrogen and oxygen atoms in total. The molecular weight excluding hydrogens is 614 g/mol. The summed E-state index contributed by atoms with van der Waals surface area (Å²) in [6.07, 6.45) is 4.31. The minimum Gasteiger partial charge on any atom is -0.395 e. The van der Waals surface area contributed by atoms with E-state index in [-0.39, 0.29) is 53.8 Å². The number of piperazine rings is 1. The van der Waals surface area contributed by atoms with Gasteiger partial charge in [-0.2, -0.15) is 0 Å². The third-order valence-corrected chi connectivity index (χ3v) is 11.8. The van der Waals surface area contributed by atoms with Crippen molar-refractivity contribution in [3.05, 3.63) is 34.9 Å². The molecular formula is C37H58ClN5O4. The molecule has 1 aromatic carbocycles. The van der Waals surface area contributed by atoms with E-state index < -0.39 is 11.5 Å². The highest BCUT2D eigenvalue weighted by molar-refractivity contribution is 6.30. The molecule has 4 fully saturated rings. The Morgan fingerprint density at radius 2 is 1.49 bits per heavy atom. The number of nitrogens with zero attached hydrogens (tertiary/aromatic N) is 5. The minimum absolute atomic E-state index is 0.00207. The molecule has 0 bridgehead atoms. The van der Waals surface area contributed by atoms with Gasteiger partial charge in [-0.15, -0.1) is 0 Å². The molecule has 3 amide bonds. The van der Waals surface area contributed by atoms with E-state index in [9.17, 15) is 19.5 Å². The number of likely N-dealkylation sites (tertiary alicyclic amines) is 2. The van der Waals surface area contributed by atoms with Crippen molar-refractivity contribution in [1.29, 1.82) is 0 Å². The maximum Gasteiger partial charge on any atom is 0.245 e. The molecule has 1 aromatic rings. The van der Waals surface area contributed by atoms with Crippen LogP contribution in [0, 0.1) is 17.3 Å². The fourth-order valence-electron chi connectivity index (χ4n) is 8.16. The van der Waals surface area contributed by atoms with E-state index in [2.05, 4.69) is 44.5 Å². The number of halogens is 1. The third-order valence-electron chi connectivity index (χ3n) is 11.5. The molecule has 0 radical (unpaired) electrons. The van der Waals surface area contributed by atoms with Gasteiger partial charge >= 0.3 is 0 Å². The highest BCUT2D eigenvalue weighted by atomic mass is 35.5. The maximum atomic E-state index is 15.0. The zero-order valence-corrected chi connectivity index (χ0v) is 30.5. The molecule has 10 heteroatoms. The summed E-state index contributed by atoms with van der Waals surface area (Å²) >= 11 is 6.27. The van der Waals surface area contributed by atoms with Gasteiger partial charge in [0.05, 0.1) is 24.0 Å². The Kier molecular flexibility index (Phi) is 11.0. The topological polar surface area (TPSA) is 87.6 Å². The summed E-state index contributed by atoms with van der Waals surface area (Å²) in [7, 11) is 2.07. The lowest BCUT2D eigenvalue weighted by molar-refractivity contribution is -0.149. The largest absolute Gasteiger partial charge is 0.395 e. The highest BCUT2D eigenvalue weighted by Gasteiger charge is 2.52. The van der Waals surface area contributed by atoms with Gasteiger partial charge in [-0.05, 0) is 97.4 Å². The number of aliphatic hydroxyl groups is 1. The van der Waals surface area contributed by atoms with E-state index in [1.807, 2.05) is 39.0 Å². The second kappa shape index (κ2) is 14.3. The Labute approximate surface area is 287 Å². The number of hydrogen-bond acceptors (Lipinski definition) is 6. The van der Waals surface area contributed by atoms with E-state index in [1.165, 1.54) is 0 Å². The SMILES string of the molecule is CC1CCC(N(C(=O)C(C)(C)CO)[C@H]2C[C@@H](C(=O)N3CCN(C)CC3)N(C(=O)[C@H]3CN(C(C)(C)C)C[C@H]3c3ccc(Cl)cc3)C2)CC1. The lowest BCUT2D eigenvalue weighted by Crippen LogP contribution is -2.55. The smallest absolute Gasteiger partial charge is 0.245 e. The molecule has 4 aliphatic rings. The van der Waals surface area contributed by atoms with E-state index in [4.69, 9.17) is 11.6 Å². The first-order valence-corrected chi connectivity index (χ1v) is 18.2. The third kappa shape index (κ3) is 7.84. The van der Waals surface area contributed by atoms with Crippen LogP contribution in [-0.4, -0.2) is 130 Å². The second-order valence-corrected chi connectivity index (χ2v) is 17.0. The van der Waals surface area contributed by atoms with E-state index in [1.54, 1.807) is 13.8 Å². The van der Waals surface area contributed by atoms with Gasteiger partial charge in [0.2, 0.25) is 17.7 Å². The van der Waals surface area contributed by atoms with Crippen LogP contribution in [0.25, 0.3) is 0 Å². The molecule has 0 spiro atoms. The van der Waals surface area contributed by atoms with Crippen LogP contribution in [0.15, 0.2) is 24.3 Å². The summed E-state index contributed by atoms with van der Waals surface area (Å²) in [5.41, 5.74) is 0.00462. The van der Waals surface area contributed by atoms with Gasteiger partial charge in [-0.1, -0.05) is 30.7 Å². The predicted molar refractivity (Wildman–Crippen MR) is 186 cm³/mol. The minimum atomic E-state index is -0.949. The average molecular weight is 672 g/mol. The fourth-order valence-corrected chi connectivity index (χ4v) is 8.29. The lowest BCUT2D eigenvalue weighted by Gasteiger charge is -2.43. The molecule has 0 aromatic heterocycles. The maximum absolute atomic E-state index is 15.0.